The molecule has 11 nitrogen and oxygen atoms in total. The van der Waals surface area contributed by atoms with Gasteiger partial charge in [0.1, 0.15) is 18.1 Å². The van der Waals surface area contributed by atoms with E-state index in [2.05, 4.69) is 16.0 Å². The van der Waals surface area contributed by atoms with Crippen molar-refractivity contribution < 1.29 is 29.1 Å². The van der Waals surface area contributed by atoms with Crippen LogP contribution in [0.1, 0.15) is 39.0 Å². The Kier molecular flexibility index (Phi) is 7.32. The second-order valence-electron chi connectivity index (χ2n) is 7.14. The number of nitrogens with zero attached hydrogens (tertiary/aromatic N) is 1. The molecular formula is C17H27N5O6. The first-order valence-electron chi connectivity index (χ1n) is 9.36. The molecule has 0 bridgehead atoms. The predicted molar refractivity (Wildman–Crippen MR) is 96.7 cm³/mol. The number of nitrogens with one attached hydrogen (secondary N) is 3. The maximum absolute atomic E-state index is 13.0. The molecule has 4 unspecified atom stereocenters. The van der Waals surface area contributed by atoms with Crippen molar-refractivity contribution in [2.75, 3.05) is 13.1 Å². The van der Waals surface area contributed by atoms with Gasteiger partial charge < -0.3 is 31.7 Å². The number of carboxylic acids is 1. The second kappa shape index (κ2) is 9.49. The number of hydrogen-bond acceptors (Lipinski definition) is 6. The molecule has 2 aliphatic heterocycles. The predicted octanol–water partition coefficient (Wildman–Crippen LogP) is -2.32. The van der Waals surface area contributed by atoms with Crippen molar-refractivity contribution in [2.24, 2.45) is 5.73 Å². The van der Waals surface area contributed by atoms with Crippen LogP contribution in [0.15, 0.2) is 0 Å². The summed E-state index contributed by atoms with van der Waals surface area (Å²) >= 11 is 0. The normalized spacial score (nSPS) is 23.7. The number of nitrogens with two attached hydrogens (primary N) is 1. The molecule has 156 valence electrons. The van der Waals surface area contributed by atoms with E-state index in [0.717, 1.165) is 6.42 Å². The van der Waals surface area contributed by atoms with Gasteiger partial charge in [-0.05, 0) is 39.2 Å². The van der Waals surface area contributed by atoms with Gasteiger partial charge in [-0.3, -0.25) is 24.0 Å². The molecule has 0 spiro atoms. The fraction of sp³-hybridized carbons (Fsp3) is 0.706. The summed E-state index contributed by atoms with van der Waals surface area (Å²) in [5.41, 5.74) is 5.23. The number of hydrogen-bond donors (Lipinski definition) is 5. The molecule has 2 heterocycles. The first-order chi connectivity index (χ1) is 13.2. The minimum absolute atomic E-state index is 0.269. The lowest BCUT2D eigenvalue weighted by Crippen LogP contribution is -2.57. The highest BCUT2D eigenvalue weighted by molar-refractivity contribution is 5.96. The SMILES string of the molecule is CC(NC(=O)C1CCCN1C(=O)C(CC(N)=O)NC(=O)C1CCCN1)C(=O)O. The molecule has 28 heavy (non-hydrogen) atoms. The van der Waals surface area contributed by atoms with E-state index in [1.54, 1.807) is 0 Å². The van der Waals surface area contributed by atoms with Gasteiger partial charge in [-0.15, -0.1) is 0 Å². The number of amides is 4. The van der Waals surface area contributed by atoms with E-state index in [1.165, 1.54) is 11.8 Å². The molecule has 4 atom stereocenters. The molecule has 2 saturated heterocycles. The zero-order chi connectivity index (χ0) is 20.8. The Morgan fingerprint density at radius 2 is 1.86 bits per heavy atom. The van der Waals surface area contributed by atoms with Gasteiger partial charge in [0, 0.05) is 6.54 Å². The van der Waals surface area contributed by atoms with Crippen molar-refractivity contribution >= 4 is 29.6 Å². The third-order valence-electron chi connectivity index (χ3n) is 4.96. The van der Waals surface area contributed by atoms with Crippen LogP contribution in [-0.4, -0.2) is 76.9 Å². The van der Waals surface area contributed by atoms with E-state index in [1.807, 2.05) is 0 Å². The fourth-order valence-corrected chi connectivity index (χ4v) is 3.46. The average molecular weight is 397 g/mol. The molecule has 0 aliphatic carbocycles. The van der Waals surface area contributed by atoms with Crippen LogP contribution in [0.5, 0.6) is 0 Å². The molecule has 4 amide bonds. The number of rotatable bonds is 8. The summed E-state index contributed by atoms with van der Waals surface area (Å²) in [6.07, 6.45) is 2.00. The summed E-state index contributed by atoms with van der Waals surface area (Å²) < 4.78 is 0. The summed E-state index contributed by atoms with van der Waals surface area (Å²) in [4.78, 5) is 61.3. The van der Waals surface area contributed by atoms with E-state index in [9.17, 15) is 24.0 Å². The highest BCUT2D eigenvalue weighted by Crippen LogP contribution is 2.20. The number of likely N-dealkylation sites (tertiary alicyclic amines) is 1. The average Bonchev–Trinajstić information content (AvgIpc) is 3.31. The first kappa shape index (κ1) is 21.6. The zero-order valence-corrected chi connectivity index (χ0v) is 15.8. The van der Waals surface area contributed by atoms with Crippen molar-refractivity contribution in [1.29, 1.82) is 0 Å². The Labute approximate surface area is 162 Å². The summed E-state index contributed by atoms with van der Waals surface area (Å²) in [5.74, 6) is -3.49. The third-order valence-corrected chi connectivity index (χ3v) is 4.96. The van der Waals surface area contributed by atoms with Crippen LogP contribution in [0, 0.1) is 0 Å². The molecular weight excluding hydrogens is 370 g/mol. The summed E-state index contributed by atoms with van der Waals surface area (Å²) in [7, 11) is 0. The van der Waals surface area contributed by atoms with Gasteiger partial charge in [0.05, 0.1) is 12.5 Å². The van der Waals surface area contributed by atoms with Crippen LogP contribution >= 0.6 is 0 Å². The van der Waals surface area contributed by atoms with Crippen LogP contribution in [0.25, 0.3) is 0 Å². The smallest absolute Gasteiger partial charge is 0.325 e. The lowest BCUT2D eigenvalue weighted by Gasteiger charge is -2.29. The maximum Gasteiger partial charge on any atom is 0.325 e. The topological polar surface area (TPSA) is 171 Å². The Morgan fingerprint density at radius 3 is 2.43 bits per heavy atom. The molecule has 2 fully saturated rings. The second-order valence-corrected chi connectivity index (χ2v) is 7.14. The molecule has 2 aliphatic rings. The molecule has 0 saturated carbocycles. The lowest BCUT2D eigenvalue weighted by molar-refractivity contribution is -0.145. The summed E-state index contributed by atoms with van der Waals surface area (Å²) in [5, 5.41) is 16.9. The van der Waals surface area contributed by atoms with Gasteiger partial charge in [0.2, 0.25) is 23.6 Å². The molecule has 0 aromatic rings. The van der Waals surface area contributed by atoms with E-state index in [-0.39, 0.29) is 13.0 Å². The zero-order valence-electron chi connectivity index (χ0n) is 15.8. The van der Waals surface area contributed by atoms with Crippen LogP contribution in [-0.2, 0) is 24.0 Å². The van der Waals surface area contributed by atoms with Gasteiger partial charge in [-0.1, -0.05) is 0 Å². The number of aliphatic carboxylic acids is 1. The Morgan fingerprint density at radius 1 is 1.14 bits per heavy atom. The monoisotopic (exact) mass is 397 g/mol. The minimum Gasteiger partial charge on any atom is -0.480 e. The van der Waals surface area contributed by atoms with Crippen molar-refractivity contribution in [3.63, 3.8) is 0 Å². The molecule has 0 aromatic heterocycles. The molecule has 11 heteroatoms. The largest absolute Gasteiger partial charge is 0.480 e. The van der Waals surface area contributed by atoms with Gasteiger partial charge in [-0.2, -0.15) is 0 Å². The number of carbonyl (C=O) groups excluding carboxylic acids is 4. The third kappa shape index (κ3) is 5.41. The Hall–Kier alpha value is -2.69. The lowest BCUT2D eigenvalue weighted by atomic mass is 10.1. The van der Waals surface area contributed by atoms with E-state index >= 15 is 0 Å². The summed E-state index contributed by atoms with van der Waals surface area (Å²) in [6.45, 7) is 2.29. The highest BCUT2D eigenvalue weighted by Gasteiger charge is 2.39. The molecule has 0 radical (unpaired) electrons. The molecule has 0 aromatic carbocycles. The Bertz CT molecular complexity index is 648. The molecule has 2 rings (SSSR count). The highest BCUT2D eigenvalue weighted by atomic mass is 16.4. The van der Waals surface area contributed by atoms with Gasteiger partial charge in [0.25, 0.3) is 0 Å². The van der Waals surface area contributed by atoms with Crippen LogP contribution in [0.2, 0.25) is 0 Å². The number of primary amides is 1. The first-order valence-corrected chi connectivity index (χ1v) is 9.36. The maximum atomic E-state index is 13.0. The van der Waals surface area contributed by atoms with Crippen LogP contribution in [0.4, 0.5) is 0 Å². The van der Waals surface area contributed by atoms with Crippen molar-refractivity contribution in [3.8, 4) is 0 Å². The number of carboxylic acid groups (broad SMARTS) is 1. The van der Waals surface area contributed by atoms with E-state index in [4.69, 9.17) is 10.8 Å². The van der Waals surface area contributed by atoms with Crippen LogP contribution in [0.3, 0.4) is 0 Å². The van der Waals surface area contributed by atoms with Crippen molar-refractivity contribution in [2.45, 2.75) is 63.2 Å². The van der Waals surface area contributed by atoms with Gasteiger partial charge >= 0.3 is 5.97 Å². The van der Waals surface area contributed by atoms with Gasteiger partial charge in [0.15, 0.2) is 0 Å². The number of carbonyl (C=O) groups is 5. The molecule has 6 N–H and O–H groups in total. The standard InChI is InChI=1S/C17H27N5O6/c1-9(17(27)28)20-15(25)12-5-3-7-22(12)16(26)11(8-13(18)23)21-14(24)10-4-2-6-19-10/h9-12,19H,2-8H2,1H3,(H2,18,23)(H,20,25)(H,21,24)(H,27,28). The van der Waals surface area contributed by atoms with Crippen molar-refractivity contribution in [1.82, 2.24) is 20.9 Å². The van der Waals surface area contributed by atoms with Crippen LogP contribution < -0.4 is 21.7 Å². The summed E-state index contributed by atoms with van der Waals surface area (Å²) in [6, 6.07) is -3.55. The minimum atomic E-state index is -1.19. The fourth-order valence-electron chi connectivity index (χ4n) is 3.46. The van der Waals surface area contributed by atoms with E-state index < -0.39 is 53.8 Å². The quantitative estimate of drug-likeness (QED) is 0.306. The van der Waals surface area contributed by atoms with Gasteiger partial charge in [-0.25, -0.2) is 0 Å². The van der Waals surface area contributed by atoms with Crippen molar-refractivity contribution in [3.05, 3.63) is 0 Å². The Balaban J connectivity index is 2.08. The van der Waals surface area contributed by atoms with E-state index in [0.29, 0.717) is 25.8 Å².